The third kappa shape index (κ3) is 3.48. The first-order chi connectivity index (χ1) is 8.56. The van der Waals surface area contributed by atoms with Gasteiger partial charge in [0.1, 0.15) is 0 Å². The van der Waals surface area contributed by atoms with E-state index in [9.17, 15) is 0 Å². The molecule has 0 aliphatic heterocycles. The highest BCUT2D eigenvalue weighted by Crippen LogP contribution is 2.27. The van der Waals surface area contributed by atoms with Crippen molar-refractivity contribution in [1.82, 2.24) is 0 Å². The van der Waals surface area contributed by atoms with Crippen LogP contribution < -0.4 is 5.73 Å². The Labute approximate surface area is 125 Å². The van der Waals surface area contributed by atoms with Crippen LogP contribution in [0.25, 0.3) is 0 Å². The Bertz CT molecular complexity index is 540. The maximum Gasteiger partial charge on any atom is 0.0465 e. The molecule has 2 N–H and O–H groups in total. The second-order valence-electron chi connectivity index (χ2n) is 4.10. The van der Waals surface area contributed by atoms with Crippen molar-refractivity contribution in [2.45, 2.75) is 12.5 Å². The van der Waals surface area contributed by atoms with Crippen LogP contribution in [0.1, 0.15) is 17.2 Å². The van der Waals surface area contributed by atoms with Crippen LogP contribution in [0.2, 0.25) is 10.0 Å². The number of hydrogen-bond acceptors (Lipinski definition) is 1. The van der Waals surface area contributed by atoms with E-state index in [0.717, 1.165) is 27.0 Å². The van der Waals surface area contributed by atoms with Crippen molar-refractivity contribution < 1.29 is 0 Å². The first-order valence-corrected chi connectivity index (χ1v) is 7.06. The van der Waals surface area contributed by atoms with Crippen molar-refractivity contribution >= 4 is 39.1 Å². The molecular formula is C14H12BrCl2N. The zero-order valence-corrected chi connectivity index (χ0v) is 12.6. The molecule has 0 saturated carbocycles. The van der Waals surface area contributed by atoms with E-state index in [4.69, 9.17) is 28.9 Å². The van der Waals surface area contributed by atoms with Crippen LogP contribution in [0.15, 0.2) is 46.9 Å². The highest BCUT2D eigenvalue weighted by molar-refractivity contribution is 9.10. The van der Waals surface area contributed by atoms with Gasteiger partial charge in [-0.2, -0.15) is 0 Å². The van der Waals surface area contributed by atoms with E-state index in [1.165, 1.54) is 0 Å². The van der Waals surface area contributed by atoms with Crippen LogP contribution in [0.3, 0.4) is 0 Å². The highest BCUT2D eigenvalue weighted by atomic mass is 79.9. The molecule has 1 unspecified atom stereocenters. The molecule has 1 nitrogen and oxygen atoms in total. The lowest BCUT2D eigenvalue weighted by Crippen LogP contribution is -2.13. The van der Waals surface area contributed by atoms with Gasteiger partial charge in [0.15, 0.2) is 0 Å². The minimum atomic E-state index is -0.119. The molecule has 0 radical (unpaired) electrons. The summed E-state index contributed by atoms with van der Waals surface area (Å²) in [4.78, 5) is 0. The SMILES string of the molecule is NC(Cc1ccc(Cl)cc1)c1ccc(Br)cc1Cl. The predicted molar refractivity (Wildman–Crippen MR) is 81.2 cm³/mol. The van der Waals surface area contributed by atoms with E-state index in [1.54, 1.807) is 0 Å². The van der Waals surface area contributed by atoms with Crippen LogP contribution in [0.5, 0.6) is 0 Å². The minimum Gasteiger partial charge on any atom is -0.324 e. The second kappa shape index (κ2) is 6.07. The fourth-order valence-electron chi connectivity index (χ4n) is 1.79. The van der Waals surface area contributed by atoms with Gasteiger partial charge in [-0.1, -0.05) is 57.3 Å². The average Bonchev–Trinajstić information content (AvgIpc) is 2.32. The Hall–Kier alpha value is -0.540. The normalized spacial score (nSPS) is 12.4. The van der Waals surface area contributed by atoms with E-state index < -0.39 is 0 Å². The quantitative estimate of drug-likeness (QED) is 0.833. The van der Waals surface area contributed by atoms with Crippen molar-refractivity contribution in [2.24, 2.45) is 5.73 Å². The Kier molecular flexibility index (Phi) is 4.68. The highest BCUT2D eigenvalue weighted by Gasteiger charge is 2.11. The summed E-state index contributed by atoms with van der Waals surface area (Å²) in [6.07, 6.45) is 0.735. The summed E-state index contributed by atoms with van der Waals surface area (Å²) in [5.74, 6) is 0. The Morgan fingerprint density at radius 3 is 2.33 bits per heavy atom. The average molecular weight is 345 g/mol. The number of nitrogens with two attached hydrogens (primary N) is 1. The predicted octanol–water partition coefficient (Wildman–Crippen LogP) is 5.00. The van der Waals surface area contributed by atoms with Gasteiger partial charge < -0.3 is 5.73 Å². The molecule has 0 aliphatic carbocycles. The number of benzene rings is 2. The zero-order chi connectivity index (χ0) is 13.1. The van der Waals surface area contributed by atoms with Gasteiger partial charge in [-0.25, -0.2) is 0 Å². The van der Waals surface area contributed by atoms with E-state index in [0.29, 0.717) is 5.02 Å². The number of rotatable bonds is 3. The smallest absolute Gasteiger partial charge is 0.0465 e. The molecule has 0 saturated heterocycles. The molecule has 0 spiro atoms. The maximum atomic E-state index is 6.18. The lowest BCUT2D eigenvalue weighted by Gasteiger charge is -2.14. The molecule has 2 aromatic carbocycles. The van der Waals surface area contributed by atoms with Crippen molar-refractivity contribution in [3.05, 3.63) is 68.1 Å². The molecule has 2 rings (SSSR count). The van der Waals surface area contributed by atoms with Crippen LogP contribution >= 0.6 is 39.1 Å². The Morgan fingerprint density at radius 1 is 1.06 bits per heavy atom. The molecule has 94 valence electrons. The summed E-state index contributed by atoms with van der Waals surface area (Å²) in [6.45, 7) is 0. The molecule has 18 heavy (non-hydrogen) atoms. The van der Waals surface area contributed by atoms with Gasteiger partial charge >= 0.3 is 0 Å². The lowest BCUT2D eigenvalue weighted by molar-refractivity contribution is 0.722. The van der Waals surface area contributed by atoms with Crippen LogP contribution in [0.4, 0.5) is 0 Å². The lowest BCUT2D eigenvalue weighted by atomic mass is 10.00. The molecule has 0 bridgehead atoms. The minimum absolute atomic E-state index is 0.119. The summed E-state index contributed by atoms with van der Waals surface area (Å²) >= 11 is 15.4. The molecule has 4 heteroatoms. The summed E-state index contributed by atoms with van der Waals surface area (Å²) in [6, 6.07) is 13.3. The van der Waals surface area contributed by atoms with Gasteiger partial charge in [0.2, 0.25) is 0 Å². The maximum absolute atomic E-state index is 6.18. The third-order valence-electron chi connectivity index (χ3n) is 2.73. The van der Waals surface area contributed by atoms with Crippen LogP contribution in [0, 0.1) is 0 Å². The van der Waals surface area contributed by atoms with E-state index >= 15 is 0 Å². The topological polar surface area (TPSA) is 26.0 Å². The van der Waals surface area contributed by atoms with Crippen molar-refractivity contribution in [3.63, 3.8) is 0 Å². The molecular weight excluding hydrogens is 333 g/mol. The summed E-state index contributed by atoms with van der Waals surface area (Å²) in [5, 5.41) is 1.42. The van der Waals surface area contributed by atoms with E-state index in [-0.39, 0.29) is 6.04 Å². The fourth-order valence-corrected chi connectivity index (χ4v) is 2.73. The summed E-state index contributed by atoms with van der Waals surface area (Å²) < 4.78 is 0.954. The molecule has 1 atom stereocenters. The van der Waals surface area contributed by atoms with Crippen LogP contribution in [-0.4, -0.2) is 0 Å². The van der Waals surface area contributed by atoms with Gasteiger partial charge in [0.25, 0.3) is 0 Å². The largest absolute Gasteiger partial charge is 0.324 e. The van der Waals surface area contributed by atoms with Gasteiger partial charge in [-0.15, -0.1) is 0 Å². The number of halogens is 3. The first-order valence-electron chi connectivity index (χ1n) is 5.51. The van der Waals surface area contributed by atoms with Crippen molar-refractivity contribution in [1.29, 1.82) is 0 Å². The Balaban J connectivity index is 2.16. The molecule has 0 heterocycles. The van der Waals surface area contributed by atoms with E-state index in [1.807, 2.05) is 42.5 Å². The van der Waals surface area contributed by atoms with E-state index in [2.05, 4.69) is 15.9 Å². The first kappa shape index (κ1) is 13.9. The third-order valence-corrected chi connectivity index (χ3v) is 3.80. The molecule has 0 aromatic heterocycles. The molecule has 0 amide bonds. The standard InChI is InChI=1S/C14H12BrCl2N/c15-10-3-6-12(13(17)8-10)14(18)7-9-1-4-11(16)5-2-9/h1-6,8,14H,7,18H2. The number of hydrogen-bond donors (Lipinski definition) is 1. The fraction of sp³-hybridized carbons (Fsp3) is 0.143. The summed E-state index contributed by atoms with van der Waals surface area (Å²) in [5.41, 5.74) is 8.28. The van der Waals surface area contributed by atoms with Gasteiger partial charge in [0.05, 0.1) is 0 Å². The van der Waals surface area contributed by atoms with Gasteiger partial charge in [-0.05, 0) is 41.8 Å². The zero-order valence-electron chi connectivity index (χ0n) is 9.54. The van der Waals surface area contributed by atoms with Gasteiger partial charge in [0, 0.05) is 20.6 Å². The molecule has 0 aliphatic rings. The summed E-state index contributed by atoms with van der Waals surface area (Å²) in [7, 11) is 0. The van der Waals surface area contributed by atoms with Gasteiger partial charge in [-0.3, -0.25) is 0 Å². The van der Waals surface area contributed by atoms with Crippen molar-refractivity contribution in [3.8, 4) is 0 Å². The monoisotopic (exact) mass is 343 g/mol. The Morgan fingerprint density at radius 2 is 1.72 bits per heavy atom. The molecule has 0 fully saturated rings. The second-order valence-corrected chi connectivity index (χ2v) is 5.86. The van der Waals surface area contributed by atoms with Crippen molar-refractivity contribution in [2.75, 3.05) is 0 Å². The molecule has 2 aromatic rings. The van der Waals surface area contributed by atoms with Crippen LogP contribution in [-0.2, 0) is 6.42 Å².